The summed E-state index contributed by atoms with van der Waals surface area (Å²) in [6.07, 6.45) is -7.92. The monoisotopic (exact) mass is 603 g/mol. The summed E-state index contributed by atoms with van der Waals surface area (Å²) in [5.74, 6) is -3.04. The summed E-state index contributed by atoms with van der Waals surface area (Å²) in [5.41, 5.74) is -1.55. The number of rotatable bonds is 9. The molecule has 3 aromatic heterocycles. The number of carbonyl (C=O) groups is 2. The first-order valence-corrected chi connectivity index (χ1v) is 13.2. The Morgan fingerprint density at radius 2 is 1.93 bits per heavy atom. The Hall–Kier alpha value is -3.76. The van der Waals surface area contributed by atoms with Gasteiger partial charge in [0.1, 0.15) is 11.7 Å². The molecular weight excluding hydrogens is 576 g/mol. The number of hydrogen-bond acceptors (Lipinski definition) is 8. The quantitative estimate of drug-likeness (QED) is 0.312. The Morgan fingerprint density at radius 1 is 1.21 bits per heavy atom. The van der Waals surface area contributed by atoms with Gasteiger partial charge in [-0.3, -0.25) is 9.59 Å². The van der Waals surface area contributed by atoms with E-state index in [1.165, 1.54) is 16.8 Å². The fourth-order valence-corrected chi connectivity index (χ4v) is 4.80. The van der Waals surface area contributed by atoms with Crippen LogP contribution in [0.15, 0.2) is 23.1 Å². The smallest absolute Gasteiger partial charge is 0.388 e. The minimum atomic E-state index is -4.67. The van der Waals surface area contributed by atoms with E-state index in [0.717, 1.165) is 32.9 Å². The highest BCUT2D eigenvalue weighted by Gasteiger charge is 2.50. The van der Waals surface area contributed by atoms with E-state index in [9.17, 15) is 41.0 Å². The molecule has 5 rings (SSSR count). The van der Waals surface area contributed by atoms with Gasteiger partial charge in [-0.1, -0.05) is 19.0 Å². The molecule has 11 nitrogen and oxygen atoms in total. The molecule has 1 aliphatic heterocycles. The lowest BCUT2D eigenvalue weighted by Crippen LogP contribution is -2.38. The van der Waals surface area contributed by atoms with Crippen molar-refractivity contribution in [3.05, 3.63) is 41.1 Å². The van der Waals surface area contributed by atoms with Crippen LogP contribution in [0, 0.1) is 11.3 Å². The summed E-state index contributed by atoms with van der Waals surface area (Å²) in [6, 6.07) is -1.82. The van der Waals surface area contributed by atoms with Crippen LogP contribution in [0.3, 0.4) is 0 Å². The summed E-state index contributed by atoms with van der Waals surface area (Å²) in [4.78, 5) is 29.6. The van der Waals surface area contributed by atoms with Crippen molar-refractivity contribution in [2.24, 2.45) is 11.3 Å². The summed E-state index contributed by atoms with van der Waals surface area (Å²) < 4.78 is 86.0. The van der Waals surface area contributed by atoms with Gasteiger partial charge in [-0.25, -0.2) is 14.1 Å². The minimum absolute atomic E-state index is 0.0113. The van der Waals surface area contributed by atoms with Crippen LogP contribution in [0.2, 0.25) is 0 Å². The van der Waals surface area contributed by atoms with Crippen LogP contribution in [-0.2, 0) is 4.79 Å². The van der Waals surface area contributed by atoms with Crippen LogP contribution in [-0.4, -0.2) is 60.2 Å². The van der Waals surface area contributed by atoms with Crippen LogP contribution >= 0.6 is 0 Å². The van der Waals surface area contributed by atoms with Gasteiger partial charge in [0.25, 0.3) is 5.91 Å². The van der Waals surface area contributed by atoms with Gasteiger partial charge in [0.15, 0.2) is 11.3 Å². The van der Waals surface area contributed by atoms with E-state index in [0.29, 0.717) is 5.69 Å². The molecule has 0 bridgehead atoms. The lowest BCUT2D eigenvalue weighted by atomic mass is 9.85. The average molecular weight is 604 g/mol. The molecule has 4 heterocycles. The van der Waals surface area contributed by atoms with Crippen molar-refractivity contribution >= 4 is 17.5 Å². The number of fused-ring (bicyclic) bond motifs is 1. The molecule has 1 aliphatic carbocycles. The maximum absolute atomic E-state index is 13.6. The molecule has 0 unspecified atom stereocenters. The van der Waals surface area contributed by atoms with Gasteiger partial charge < -0.3 is 15.7 Å². The third kappa shape index (κ3) is 5.91. The van der Waals surface area contributed by atoms with Crippen LogP contribution in [0.5, 0.6) is 0 Å². The predicted molar refractivity (Wildman–Crippen MR) is 130 cm³/mol. The highest BCUT2D eigenvalue weighted by molar-refractivity contribution is 5.93. The third-order valence-corrected chi connectivity index (χ3v) is 7.80. The second-order valence-corrected chi connectivity index (χ2v) is 11.4. The number of amides is 2. The zero-order chi connectivity index (χ0) is 30.6. The summed E-state index contributed by atoms with van der Waals surface area (Å²) in [5, 5.41) is 26.7. The number of halogens is 6. The van der Waals surface area contributed by atoms with Gasteiger partial charge in [0.2, 0.25) is 5.91 Å². The maximum atomic E-state index is 13.6. The number of alkyl halides is 6. The highest BCUT2D eigenvalue weighted by Crippen LogP contribution is 2.43. The number of aliphatic hydroxyl groups excluding tert-OH is 1. The SMILES string of the molecule is CC(C)(CC[C@H](NC(=O)c1nonc1C1CC1)c1cn2ncc([C@H](O)[C@H]3C[C@@H](C(F)(F)F)NC3=O)cc2n1)C(F)(F)F. The summed E-state index contributed by atoms with van der Waals surface area (Å²) >= 11 is 0. The van der Waals surface area contributed by atoms with E-state index in [1.807, 2.05) is 5.32 Å². The predicted octanol–water partition coefficient (Wildman–Crippen LogP) is 3.93. The van der Waals surface area contributed by atoms with E-state index >= 15 is 0 Å². The molecule has 3 aromatic rings. The molecule has 2 aliphatic rings. The number of nitrogens with zero attached hydrogens (tertiary/aromatic N) is 5. The first kappa shape index (κ1) is 29.7. The minimum Gasteiger partial charge on any atom is -0.388 e. The van der Waals surface area contributed by atoms with Gasteiger partial charge in [-0.05, 0) is 43.3 Å². The van der Waals surface area contributed by atoms with Crippen LogP contribution < -0.4 is 10.6 Å². The number of nitrogens with one attached hydrogen (secondary N) is 2. The number of carbonyl (C=O) groups excluding carboxylic acids is 2. The highest BCUT2D eigenvalue weighted by atomic mass is 19.4. The maximum Gasteiger partial charge on any atom is 0.408 e. The lowest BCUT2D eigenvalue weighted by molar-refractivity contribution is -0.214. The molecule has 2 fully saturated rings. The Bertz CT molecular complexity index is 1480. The topological polar surface area (TPSA) is 148 Å². The van der Waals surface area contributed by atoms with Crippen molar-refractivity contribution in [1.29, 1.82) is 0 Å². The van der Waals surface area contributed by atoms with Gasteiger partial charge in [-0.2, -0.15) is 31.4 Å². The summed E-state index contributed by atoms with van der Waals surface area (Å²) in [7, 11) is 0. The first-order valence-electron chi connectivity index (χ1n) is 13.2. The number of aromatic nitrogens is 5. The second kappa shape index (κ2) is 10.5. The molecule has 228 valence electrons. The van der Waals surface area contributed by atoms with E-state index in [-0.39, 0.29) is 41.4 Å². The van der Waals surface area contributed by atoms with Crippen molar-refractivity contribution in [2.45, 2.75) is 82.4 Å². The summed E-state index contributed by atoms with van der Waals surface area (Å²) in [6.45, 7) is 2.08. The first-order chi connectivity index (χ1) is 19.5. The van der Waals surface area contributed by atoms with Gasteiger partial charge >= 0.3 is 12.4 Å². The van der Waals surface area contributed by atoms with Crippen molar-refractivity contribution in [2.75, 3.05) is 0 Å². The molecular formula is C25H27F6N7O4. The molecule has 3 N–H and O–H groups in total. The molecule has 0 spiro atoms. The molecule has 42 heavy (non-hydrogen) atoms. The van der Waals surface area contributed by atoms with E-state index in [4.69, 9.17) is 4.63 Å². The van der Waals surface area contributed by atoms with Gasteiger partial charge in [0, 0.05) is 11.5 Å². The largest absolute Gasteiger partial charge is 0.408 e. The normalized spacial score (nSPS) is 21.4. The fraction of sp³-hybridized carbons (Fsp3) is 0.600. The molecule has 2 amide bonds. The molecule has 1 saturated carbocycles. The zero-order valence-electron chi connectivity index (χ0n) is 22.3. The van der Waals surface area contributed by atoms with E-state index < -0.39 is 60.1 Å². The Kier molecular flexibility index (Phi) is 7.43. The second-order valence-electron chi connectivity index (χ2n) is 11.4. The number of aliphatic hydroxyl groups is 1. The number of hydrogen-bond donors (Lipinski definition) is 3. The molecule has 0 aromatic carbocycles. The van der Waals surface area contributed by atoms with Crippen molar-refractivity contribution in [3.63, 3.8) is 0 Å². The Balaban J connectivity index is 1.40. The Labute approximate surface area is 234 Å². The van der Waals surface area contributed by atoms with Crippen molar-refractivity contribution < 1.29 is 45.7 Å². The average Bonchev–Trinajstić information content (AvgIpc) is 3.29. The molecule has 4 atom stereocenters. The van der Waals surface area contributed by atoms with Gasteiger partial charge in [0.05, 0.1) is 41.6 Å². The van der Waals surface area contributed by atoms with Crippen molar-refractivity contribution in [3.8, 4) is 0 Å². The van der Waals surface area contributed by atoms with Gasteiger partial charge in [-0.15, -0.1) is 0 Å². The molecule has 1 saturated heterocycles. The number of imidazole rings is 1. The van der Waals surface area contributed by atoms with E-state index in [1.54, 1.807) is 0 Å². The van der Waals surface area contributed by atoms with Crippen LogP contribution in [0.1, 0.15) is 91.5 Å². The zero-order valence-corrected chi connectivity index (χ0v) is 22.3. The fourth-order valence-electron chi connectivity index (χ4n) is 4.80. The molecule has 17 heteroatoms. The standard InChI is InChI=1S/C25H27F6N7O4/c1-23(2,25(29,30)31)6-5-14(34-22(41)19-18(11-3-4-11)36-42-37-19)15-10-38-17(33-15)7-12(9-32-38)20(39)13-8-16(24(26,27)28)35-21(13)40/h7,9-11,13-14,16,20,39H,3-6,8H2,1-2H3,(H,34,41)(H,35,40)/t13-,14+,16+,20+/m1/s1. The molecule has 0 radical (unpaired) electrons. The Morgan fingerprint density at radius 3 is 2.55 bits per heavy atom. The van der Waals surface area contributed by atoms with Crippen LogP contribution in [0.4, 0.5) is 26.3 Å². The van der Waals surface area contributed by atoms with Crippen molar-refractivity contribution in [1.82, 2.24) is 35.5 Å². The van der Waals surface area contributed by atoms with E-state index in [2.05, 4.69) is 25.7 Å². The lowest BCUT2D eigenvalue weighted by Gasteiger charge is -2.29. The van der Waals surface area contributed by atoms with Crippen LogP contribution in [0.25, 0.3) is 5.65 Å². The third-order valence-electron chi connectivity index (χ3n) is 7.80.